The Morgan fingerprint density at radius 3 is 2.28 bits per heavy atom. The van der Waals surface area contributed by atoms with Crippen LogP contribution in [0.5, 0.6) is 5.75 Å². The molecule has 0 aliphatic rings. The number of benzene rings is 2. The molecule has 0 spiro atoms. The fourth-order valence-electron chi connectivity index (χ4n) is 1.45. The second-order valence-electron chi connectivity index (χ2n) is 3.26. The zero-order valence-corrected chi connectivity index (χ0v) is 14.8. The molecule has 0 atom stereocenters. The zero-order valence-electron chi connectivity index (χ0n) is 10.2. The quantitative estimate of drug-likeness (QED) is 0.314. The molecule has 2 nitrogen and oxygen atoms in total. The molecule has 0 bridgehead atoms. The molecule has 2 aromatic rings. The van der Waals surface area contributed by atoms with Gasteiger partial charge in [-0.25, -0.2) is 0 Å². The predicted molar refractivity (Wildman–Crippen MR) is 66.8 cm³/mol. The van der Waals surface area contributed by atoms with E-state index in [0.717, 1.165) is 5.75 Å². The summed E-state index contributed by atoms with van der Waals surface area (Å²) in [5.74, 6) is 0.849. The summed E-state index contributed by atoms with van der Waals surface area (Å²) in [7, 11) is 0. The van der Waals surface area contributed by atoms with E-state index in [0.29, 0.717) is 13.4 Å². The van der Waals surface area contributed by atoms with Gasteiger partial charge in [0.1, 0.15) is 5.75 Å². The summed E-state index contributed by atoms with van der Waals surface area (Å²) in [6.07, 6.45) is 0. The Morgan fingerprint density at radius 1 is 0.944 bits per heavy atom. The number of hydrogen-bond donors (Lipinski definition) is 0. The fraction of sp³-hybridized carbons (Fsp3) is 0.231. The van der Waals surface area contributed by atoms with Crippen molar-refractivity contribution < 1.29 is 43.4 Å². The van der Waals surface area contributed by atoms with Crippen LogP contribution in [0.2, 0.25) is 0 Å². The van der Waals surface area contributed by atoms with Crippen molar-refractivity contribution in [1.29, 1.82) is 0 Å². The minimum atomic E-state index is 0. The average Bonchev–Trinajstić information content (AvgIpc) is 2.29. The van der Waals surface area contributed by atoms with Crippen LogP contribution < -0.4 is 38.7 Å². The largest absolute Gasteiger partial charge is 2.00 e. The molecule has 94 valence electrons. The second-order valence-corrected chi connectivity index (χ2v) is 3.26. The number of ether oxygens (including phenoxy) is 2. The van der Waals surface area contributed by atoms with E-state index in [2.05, 4.69) is 18.2 Å². The summed E-state index contributed by atoms with van der Waals surface area (Å²) in [6, 6.07) is 14.2. The van der Waals surface area contributed by atoms with Crippen molar-refractivity contribution in [1.82, 2.24) is 0 Å². The third-order valence-electron chi connectivity index (χ3n) is 2.23. The first-order valence-electron chi connectivity index (χ1n) is 5.09. The summed E-state index contributed by atoms with van der Waals surface area (Å²) in [6.45, 7) is 2.94. The standard InChI is InChI=1S/C13H14O2.2BrH.Mg/c1-2-14-10-15-13-8-7-11-5-3-4-6-12(11)9-13;;;/h3-9H,2,10H2,1H3;2*1H;/q;;;+2/p-2. The van der Waals surface area contributed by atoms with E-state index in [1.165, 1.54) is 10.8 Å². The Hall–Kier alpha value is 0.186. The summed E-state index contributed by atoms with van der Waals surface area (Å²) in [4.78, 5) is 0. The molecule has 2 rings (SSSR count). The third kappa shape index (κ3) is 5.88. The van der Waals surface area contributed by atoms with E-state index in [9.17, 15) is 0 Å². The minimum absolute atomic E-state index is 0. The van der Waals surface area contributed by atoms with E-state index in [1.807, 2.05) is 31.2 Å². The second kappa shape index (κ2) is 11.0. The van der Waals surface area contributed by atoms with Gasteiger partial charge in [0.2, 0.25) is 0 Å². The van der Waals surface area contributed by atoms with Crippen LogP contribution >= 0.6 is 0 Å². The first-order chi connectivity index (χ1) is 7.40. The Morgan fingerprint density at radius 2 is 1.61 bits per heavy atom. The number of fused-ring (bicyclic) bond motifs is 1. The van der Waals surface area contributed by atoms with Crippen LogP contribution in [-0.2, 0) is 4.74 Å². The molecular formula is C13H14Br2MgO2. The number of hydrogen-bond acceptors (Lipinski definition) is 2. The molecule has 0 N–H and O–H groups in total. The summed E-state index contributed by atoms with van der Waals surface area (Å²) in [5, 5.41) is 2.41. The minimum Gasteiger partial charge on any atom is -1.00 e. The molecule has 0 aliphatic carbocycles. The maximum atomic E-state index is 5.43. The molecule has 5 heteroatoms. The molecule has 0 unspecified atom stereocenters. The van der Waals surface area contributed by atoms with Gasteiger partial charge in [-0.2, -0.15) is 0 Å². The smallest absolute Gasteiger partial charge is 1.00 e. The SMILES string of the molecule is CCOCOc1ccc2ccccc2c1.[Br-].[Br-].[Mg+2]. The van der Waals surface area contributed by atoms with E-state index in [-0.39, 0.29) is 57.0 Å². The molecule has 0 saturated heterocycles. The molecule has 0 amide bonds. The van der Waals surface area contributed by atoms with Crippen molar-refractivity contribution in [3.8, 4) is 5.75 Å². The molecule has 0 aliphatic heterocycles. The normalized spacial score (nSPS) is 8.72. The van der Waals surface area contributed by atoms with Crippen molar-refractivity contribution in [3.63, 3.8) is 0 Å². The molecular weight excluding hydrogens is 372 g/mol. The van der Waals surface area contributed by atoms with Gasteiger partial charge in [-0.3, -0.25) is 0 Å². The van der Waals surface area contributed by atoms with Gasteiger partial charge in [0.25, 0.3) is 0 Å². The van der Waals surface area contributed by atoms with Crippen LogP contribution in [0.15, 0.2) is 42.5 Å². The monoisotopic (exact) mass is 384 g/mol. The van der Waals surface area contributed by atoms with E-state index < -0.39 is 0 Å². The van der Waals surface area contributed by atoms with Gasteiger partial charge in [0.05, 0.1) is 0 Å². The Balaban J connectivity index is 0. The van der Waals surface area contributed by atoms with Crippen LogP contribution in [0.3, 0.4) is 0 Å². The van der Waals surface area contributed by atoms with Gasteiger partial charge in [-0.05, 0) is 29.8 Å². The summed E-state index contributed by atoms with van der Waals surface area (Å²) >= 11 is 0. The number of rotatable bonds is 4. The molecule has 0 heterocycles. The maximum Gasteiger partial charge on any atom is 2.00 e. The summed E-state index contributed by atoms with van der Waals surface area (Å²) in [5.41, 5.74) is 0. The Labute approximate surface area is 145 Å². The summed E-state index contributed by atoms with van der Waals surface area (Å²) < 4.78 is 10.6. The van der Waals surface area contributed by atoms with Gasteiger partial charge < -0.3 is 43.4 Å². The van der Waals surface area contributed by atoms with E-state index in [1.54, 1.807) is 0 Å². The van der Waals surface area contributed by atoms with Crippen molar-refractivity contribution >= 4 is 33.8 Å². The van der Waals surface area contributed by atoms with Crippen molar-refractivity contribution in [3.05, 3.63) is 42.5 Å². The van der Waals surface area contributed by atoms with Gasteiger partial charge in [-0.1, -0.05) is 30.3 Å². The predicted octanol–water partition coefficient (Wildman–Crippen LogP) is -3.16. The Bertz CT molecular complexity index is 452. The third-order valence-corrected chi connectivity index (χ3v) is 2.23. The maximum absolute atomic E-state index is 5.43. The van der Waals surface area contributed by atoms with Crippen LogP contribution in [0.4, 0.5) is 0 Å². The van der Waals surface area contributed by atoms with E-state index in [4.69, 9.17) is 9.47 Å². The molecule has 0 aromatic heterocycles. The first-order valence-corrected chi connectivity index (χ1v) is 5.09. The van der Waals surface area contributed by atoms with Crippen LogP contribution in [0, 0.1) is 0 Å². The van der Waals surface area contributed by atoms with E-state index >= 15 is 0 Å². The van der Waals surface area contributed by atoms with Crippen LogP contribution in [0.25, 0.3) is 10.8 Å². The molecule has 0 saturated carbocycles. The molecule has 0 radical (unpaired) electrons. The van der Waals surface area contributed by atoms with Crippen molar-refractivity contribution in [2.45, 2.75) is 6.92 Å². The van der Waals surface area contributed by atoms with Crippen LogP contribution in [-0.4, -0.2) is 36.5 Å². The molecule has 0 fully saturated rings. The topological polar surface area (TPSA) is 18.5 Å². The molecule has 18 heavy (non-hydrogen) atoms. The van der Waals surface area contributed by atoms with Crippen molar-refractivity contribution in [2.75, 3.05) is 13.4 Å². The van der Waals surface area contributed by atoms with Gasteiger partial charge in [0, 0.05) is 6.61 Å². The van der Waals surface area contributed by atoms with Gasteiger partial charge >= 0.3 is 23.1 Å². The fourth-order valence-corrected chi connectivity index (χ4v) is 1.45. The zero-order chi connectivity index (χ0) is 10.5. The molecule has 2 aromatic carbocycles. The number of halogens is 2. The Kier molecular flexibility index (Phi) is 12.6. The van der Waals surface area contributed by atoms with Crippen LogP contribution in [0.1, 0.15) is 6.92 Å². The average molecular weight is 386 g/mol. The first kappa shape index (κ1) is 20.5. The van der Waals surface area contributed by atoms with Crippen molar-refractivity contribution in [2.24, 2.45) is 0 Å². The van der Waals surface area contributed by atoms with Gasteiger partial charge in [0.15, 0.2) is 6.79 Å². The van der Waals surface area contributed by atoms with Gasteiger partial charge in [-0.15, -0.1) is 0 Å².